The van der Waals surface area contributed by atoms with E-state index in [4.69, 9.17) is 15.7 Å². The van der Waals surface area contributed by atoms with Crippen molar-refractivity contribution >= 4 is 5.95 Å². The molecule has 0 spiro atoms. The lowest BCUT2D eigenvalue weighted by molar-refractivity contribution is 0.281. The van der Waals surface area contributed by atoms with Crippen LogP contribution >= 0.6 is 0 Å². The van der Waals surface area contributed by atoms with Crippen molar-refractivity contribution in [1.29, 1.82) is 0 Å². The van der Waals surface area contributed by atoms with Crippen LogP contribution in [0.5, 0.6) is 11.6 Å². The molecule has 0 aliphatic rings. The molecule has 0 aliphatic carbocycles. The van der Waals surface area contributed by atoms with Crippen molar-refractivity contribution in [3.05, 3.63) is 42.1 Å². The monoisotopic (exact) mass is 232 g/mol. The summed E-state index contributed by atoms with van der Waals surface area (Å²) in [4.78, 5) is 7.88. The van der Waals surface area contributed by atoms with Gasteiger partial charge in [-0.05, 0) is 17.7 Å². The van der Waals surface area contributed by atoms with Crippen LogP contribution in [0.25, 0.3) is 0 Å². The molecule has 1 heterocycles. The Morgan fingerprint density at radius 1 is 1.35 bits per heavy atom. The average Bonchev–Trinajstić information content (AvgIpc) is 2.39. The maximum atomic E-state index is 9.00. The van der Waals surface area contributed by atoms with Gasteiger partial charge in [0.25, 0.3) is 0 Å². The number of hydrogen-bond acceptors (Lipinski definition) is 6. The minimum absolute atomic E-state index is 0.0312. The lowest BCUT2D eigenvalue weighted by atomic mass is 10.2. The number of nitrogens with one attached hydrogen (secondary N) is 1. The van der Waals surface area contributed by atoms with Crippen molar-refractivity contribution in [3.63, 3.8) is 0 Å². The van der Waals surface area contributed by atoms with Gasteiger partial charge in [0, 0.05) is 12.3 Å². The van der Waals surface area contributed by atoms with E-state index in [9.17, 15) is 0 Å². The fraction of sp³-hybridized carbons (Fsp3) is 0.0909. The molecule has 0 aliphatic heterocycles. The van der Waals surface area contributed by atoms with Crippen LogP contribution in [0.3, 0.4) is 0 Å². The van der Waals surface area contributed by atoms with Crippen LogP contribution in [-0.4, -0.2) is 15.1 Å². The number of nitrogen functional groups attached to an aromatic ring is 1. The first kappa shape index (κ1) is 11.3. The number of nitrogens with zero attached hydrogens (tertiary/aromatic N) is 2. The zero-order chi connectivity index (χ0) is 12.1. The molecular weight excluding hydrogens is 220 g/mol. The maximum Gasteiger partial charge on any atom is 0.240 e. The summed E-state index contributed by atoms with van der Waals surface area (Å²) < 4.78 is 5.51. The molecule has 0 fully saturated rings. The molecular formula is C11H12N4O2. The topological polar surface area (TPSA) is 93.3 Å². The van der Waals surface area contributed by atoms with Gasteiger partial charge in [-0.15, -0.1) is 0 Å². The molecule has 0 atom stereocenters. The van der Waals surface area contributed by atoms with Gasteiger partial charge in [0.15, 0.2) is 0 Å². The van der Waals surface area contributed by atoms with Crippen molar-refractivity contribution in [2.45, 2.75) is 6.61 Å². The molecule has 2 aromatic rings. The normalized spacial score (nSPS) is 10.0. The molecule has 6 heteroatoms. The zero-order valence-electron chi connectivity index (χ0n) is 9.00. The predicted molar refractivity (Wildman–Crippen MR) is 62.3 cm³/mol. The van der Waals surface area contributed by atoms with E-state index in [1.54, 1.807) is 30.3 Å². The van der Waals surface area contributed by atoms with Crippen LogP contribution in [-0.2, 0) is 6.61 Å². The number of benzene rings is 1. The number of aliphatic hydroxyl groups is 1. The van der Waals surface area contributed by atoms with Gasteiger partial charge < -0.3 is 9.84 Å². The molecule has 6 nitrogen and oxygen atoms in total. The first-order valence-electron chi connectivity index (χ1n) is 4.99. The van der Waals surface area contributed by atoms with Gasteiger partial charge in [-0.1, -0.05) is 12.1 Å². The molecule has 4 N–H and O–H groups in total. The highest BCUT2D eigenvalue weighted by molar-refractivity contribution is 5.33. The highest BCUT2D eigenvalue weighted by atomic mass is 16.5. The van der Waals surface area contributed by atoms with Crippen LogP contribution in [0.4, 0.5) is 5.95 Å². The standard InChI is InChI=1S/C11H12N4O2/c12-15-11-13-5-4-10(14-11)17-9-3-1-2-8(6-9)7-16/h1-6,16H,7,12H2,(H,13,14,15). The second-order valence-electron chi connectivity index (χ2n) is 3.27. The molecule has 2 rings (SSSR count). The number of rotatable bonds is 4. The van der Waals surface area contributed by atoms with E-state index in [0.29, 0.717) is 11.6 Å². The lowest BCUT2D eigenvalue weighted by Crippen LogP contribution is -2.10. The Balaban J connectivity index is 2.18. The highest BCUT2D eigenvalue weighted by Crippen LogP contribution is 2.20. The summed E-state index contributed by atoms with van der Waals surface area (Å²) in [6.45, 7) is -0.0312. The van der Waals surface area contributed by atoms with Gasteiger partial charge in [0.1, 0.15) is 5.75 Å². The second kappa shape index (κ2) is 5.24. The van der Waals surface area contributed by atoms with Gasteiger partial charge >= 0.3 is 0 Å². The summed E-state index contributed by atoms with van der Waals surface area (Å²) >= 11 is 0. The van der Waals surface area contributed by atoms with Crippen LogP contribution < -0.4 is 16.0 Å². The lowest BCUT2D eigenvalue weighted by Gasteiger charge is -2.06. The largest absolute Gasteiger partial charge is 0.439 e. The number of aliphatic hydroxyl groups excluding tert-OH is 1. The summed E-state index contributed by atoms with van der Waals surface area (Å²) in [6, 6.07) is 8.73. The maximum absolute atomic E-state index is 9.00. The van der Waals surface area contributed by atoms with Gasteiger partial charge in [-0.3, -0.25) is 5.43 Å². The molecule has 17 heavy (non-hydrogen) atoms. The number of aromatic nitrogens is 2. The summed E-state index contributed by atoms with van der Waals surface area (Å²) in [7, 11) is 0. The highest BCUT2D eigenvalue weighted by Gasteiger charge is 2.01. The quantitative estimate of drug-likeness (QED) is 0.539. The second-order valence-corrected chi connectivity index (χ2v) is 3.27. The first-order valence-corrected chi connectivity index (χ1v) is 4.99. The number of hydrazine groups is 1. The minimum atomic E-state index is -0.0312. The smallest absolute Gasteiger partial charge is 0.240 e. The van der Waals surface area contributed by atoms with Crippen LogP contribution in [0.2, 0.25) is 0 Å². The molecule has 0 amide bonds. The fourth-order valence-corrected chi connectivity index (χ4v) is 1.30. The predicted octanol–water partition coefficient (Wildman–Crippen LogP) is 1.05. The Bertz CT molecular complexity index is 459. The molecule has 0 radical (unpaired) electrons. The third-order valence-electron chi connectivity index (χ3n) is 2.06. The van der Waals surface area contributed by atoms with Crippen LogP contribution in [0.1, 0.15) is 5.56 Å². The van der Waals surface area contributed by atoms with Crippen molar-refractivity contribution in [1.82, 2.24) is 9.97 Å². The molecule has 1 aromatic heterocycles. The minimum Gasteiger partial charge on any atom is -0.439 e. The molecule has 0 unspecified atom stereocenters. The Morgan fingerprint density at radius 2 is 2.24 bits per heavy atom. The zero-order valence-corrected chi connectivity index (χ0v) is 9.00. The van der Waals surface area contributed by atoms with Gasteiger partial charge in [-0.2, -0.15) is 4.98 Å². The summed E-state index contributed by atoms with van der Waals surface area (Å²) in [5.74, 6) is 6.45. The van der Waals surface area contributed by atoms with Crippen LogP contribution in [0.15, 0.2) is 36.5 Å². The van der Waals surface area contributed by atoms with Crippen molar-refractivity contribution in [2.24, 2.45) is 5.84 Å². The third-order valence-corrected chi connectivity index (χ3v) is 2.06. The third kappa shape index (κ3) is 2.90. The van der Waals surface area contributed by atoms with Crippen LogP contribution in [0, 0.1) is 0 Å². The van der Waals surface area contributed by atoms with Gasteiger partial charge in [-0.25, -0.2) is 10.8 Å². The number of nitrogens with two attached hydrogens (primary N) is 1. The Labute approximate surface area is 98.1 Å². The van der Waals surface area contributed by atoms with Crippen molar-refractivity contribution < 1.29 is 9.84 Å². The Morgan fingerprint density at radius 3 is 3.00 bits per heavy atom. The van der Waals surface area contributed by atoms with Gasteiger partial charge in [0.05, 0.1) is 6.61 Å². The number of anilines is 1. The van der Waals surface area contributed by atoms with E-state index in [-0.39, 0.29) is 12.6 Å². The molecule has 0 saturated heterocycles. The van der Waals surface area contributed by atoms with E-state index in [2.05, 4.69) is 15.4 Å². The Hall–Kier alpha value is -2.18. The molecule has 1 aromatic carbocycles. The van der Waals surface area contributed by atoms with E-state index >= 15 is 0 Å². The summed E-state index contributed by atoms with van der Waals surface area (Å²) in [5, 5.41) is 9.00. The van der Waals surface area contributed by atoms with E-state index < -0.39 is 0 Å². The molecule has 0 saturated carbocycles. The van der Waals surface area contributed by atoms with Gasteiger partial charge in [0.2, 0.25) is 11.8 Å². The summed E-state index contributed by atoms with van der Waals surface area (Å²) in [5.41, 5.74) is 3.11. The van der Waals surface area contributed by atoms with Crippen molar-refractivity contribution in [2.75, 3.05) is 5.43 Å². The molecule has 88 valence electrons. The number of ether oxygens (including phenoxy) is 1. The average molecular weight is 232 g/mol. The fourth-order valence-electron chi connectivity index (χ4n) is 1.30. The van der Waals surface area contributed by atoms with E-state index in [1.807, 2.05) is 0 Å². The van der Waals surface area contributed by atoms with E-state index in [0.717, 1.165) is 5.56 Å². The first-order chi connectivity index (χ1) is 8.31. The number of hydrogen-bond donors (Lipinski definition) is 3. The van der Waals surface area contributed by atoms with Crippen molar-refractivity contribution in [3.8, 4) is 11.6 Å². The van der Waals surface area contributed by atoms with E-state index in [1.165, 1.54) is 6.20 Å². The Kier molecular flexibility index (Phi) is 3.49. The molecule has 0 bridgehead atoms. The summed E-state index contributed by atoms with van der Waals surface area (Å²) in [6.07, 6.45) is 1.54. The SMILES string of the molecule is NNc1nccc(Oc2cccc(CO)c2)n1.